The van der Waals surface area contributed by atoms with E-state index >= 15 is 0 Å². The molecule has 0 spiro atoms. The fraction of sp³-hybridized carbons (Fsp3) is 0.350. The Morgan fingerprint density at radius 3 is 2.43 bits per heavy atom. The molecular weight excluding hydrogens is 256 g/mol. The highest BCUT2D eigenvalue weighted by atomic mass is 16.1. The number of benzene rings is 2. The van der Waals surface area contributed by atoms with Crippen LogP contribution in [0.2, 0.25) is 0 Å². The Hall–Kier alpha value is -1.89. The quantitative estimate of drug-likeness (QED) is 0.763. The molecule has 0 bridgehead atoms. The first-order chi connectivity index (χ1) is 10.1. The van der Waals surface area contributed by atoms with Crippen LogP contribution in [0.4, 0.5) is 0 Å². The maximum Gasteiger partial charge on any atom is 0.137 e. The summed E-state index contributed by atoms with van der Waals surface area (Å²) in [6.07, 6.45) is 1.69. The first-order valence-corrected chi connectivity index (χ1v) is 7.79. The molecule has 2 aromatic carbocycles. The highest BCUT2D eigenvalue weighted by Crippen LogP contribution is 2.49. The summed E-state index contributed by atoms with van der Waals surface area (Å²) in [5, 5.41) is 0. The standard InChI is InChI=1S/C20H22O/c1-14-8-10-16(11-9-14)15(2)12-20(21)19-13-18(19)17-6-4-3-5-7-17/h3-11,15,18-19H,12-13H2,1-2H3/t15-,18-,19+/m1/s1. The average Bonchev–Trinajstić information content (AvgIpc) is 3.29. The van der Waals surface area contributed by atoms with Crippen molar-refractivity contribution in [1.82, 2.24) is 0 Å². The number of rotatable bonds is 5. The summed E-state index contributed by atoms with van der Waals surface area (Å²) in [5.74, 6) is 1.45. The first-order valence-electron chi connectivity index (χ1n) is 7.79. The molecule has 3 rings (SSSR count). The lowest BCUT2D eigenvalue weighted by atomic mass is 9.93. The van der Waals surface area contributed by atoms with Crippen molar-refractivity contribution in [3.05, 3.63) is 71.3 Å². The third kappa shape index (κ3) is 3.24. The lowest BCUT2D eigenvalue weighted by Gasteiger charge is -2.11. The molecule has 0 aliphatic heterocycles. The molecule has 0 aromatic heterocycles. The fourth-order valence-electron chi connectivity index (χ4n) is 3.09. The van der Waals surface area contributed by atoms with Crippen LogP contribution in [0.5, 0.6) is 0 Å². The first kappa shape index (κ1) is 14.1. The smallest absolute Gasteiger partial charge is 0.137 e. The molecule has 0 N–H and O–H groups in total. The van der Waals surface area contributed by atoms with E-state index in [0.29, 0.717) is 24.0 Å². The second-order valence-electron chi connectivity index (χ2n) is 6.34. The molecule has 0 amide bonds. The second-order valence-corrected chi connectivity index (χ2v) is 6.34. The SMILES string of the molecule is Cc1ccc([C@H](C)CC(=O)[C@H]2C[C@@H]2c2ccccc2)cc1. The lowest BCUT2D eigenvalue weighted by molar-refractivity contribution is -0.120. The van der Waals surface area contributed by atoms with Gasteiger partial charge in [-0.2, -0.15) is 0 Å². The second kappa shape index (κ2) is 5.85. The van der Waals surface area contributed by atoms with E-state index in [1.165, 1.54) is 16.7 Å². The molecule has 0 unspecified atom stereocenters. The van der Waals surface area contributed by atoms with Gasteiger partial charge in [-0.15, -0.1) is 0 Å². The molecule has 1 fully saturated rings. The number of hydrogen-bond donors (Lipinski definition) is 0. The van der Waals surface area contributed by atoms with Gasteiger partial charge < -0.3 is 0 Å². The van der Waals surface area contributed by atoms with Crippen molar-refractivity contribution in [2.45, 2.75) is 38.5 Å². The molecule has 0 radical (unpaired) electrons. The molecule has 108 valence electrons. The molecule has 2 aromatic rings. The van der Waals surface area contributed by atoms with Crippen molar-refractivity contribution in [2.24, 2.45) is 5.92 Å². The highest BCUT2D eigenvalue weighted by molar-refractivity contribution is 5.85. The summed E-state index contributed by atoms with van der Waals surface area (Å²) >= 11 is 0. The van der Waals surface area contributed by atoms with E-state index in [1.807, 2.05) is 6.07 Å². The Labute approximate surface area is 127 Å². The molecule has 0 saturated heterocycles. The van der Waals surface area contributed by atoms with Crippen LogP contribution in [0.3, 0.4) is 0 Å². The van der Waals surface area contributed by atoms with E-state index in [9.17, 15) is 4.79 Å². The maximum atomic E-state index is 12.4. The molecule has 1 nitrogen and oxygen atoms in total. The van der Waals surface area contributed by atoms with Gasteiger partial charge in [-0.1, -0.05) is 67.1 Å². The Kier molecular flexibility index (Phi) is 3.92. The summed E-state index contributed by atoms with van der Waals surface area (Å²) < 4.78 is 0. The van der Waals surface area contributed by atoms with E-state index in [1.54, 1.807) is 0 Å². The zero-order chi connectivity index (χ0) is 14.8. The lowest BCUT2D eigenvalue weighted by Crippen LogP contribution is -2.07. The van der Waals surface area contributed by atoms with Crippen LogP contribution in [0.15, 0.2) is 54.6 Å². The third-order valence-electron chi connectivity index (χ3n) is 4.59. The highest BCUT2D eigenvalue weighted by Gasteiger charge is 2.43. The van der Waals surface area contributed by atoms with Gasteiger partial charge in [0.1, 0.15) is 5.78 Å². The van der Waals surface area contributed by atoms with Gasteiger partial charge in [0.25, 0.3) is 0 Å². The van der Waals surface area contributed by atoms with Crippen molar-refractivity contribution in [3.63, 3.8) is 0 Å². The van der Waals surface area contributed by atoms with Crippen molar-refractivity contribution in [2.75, 3.05) is 0 Å². The third-order valence-corrected chi connectivity index (χ3v) is 4.59. The number of ketones is 1. The zero-order valence-corrected chi connectivity index (χ0v) is 12.8. The summed E-state index contributed by atoms with van der Waals surface area (Å²) in [4.78, 5) is 12.4. The van der Waals surface area contributed by atoms with Gasteiger partial charge in [0.2, 0.25) is 0 Å². The number of Topliss-reactive ketones (excluding diaryl/α,β-unsaturated/α-hetero) is 1. The normalized spacial score (nSPS) is 21.8. The Morgan fingerprint density at radius 2 is 1.76 bits per heavy atom. The minimum absolute atomic E-state index is 0.250. The van der Waals surface area contributed by atoms with Crippen LogP contribution in [-0.2, 0) is 4.79 Å². The topological polar surface area (TPSA) is 17.1 Å². The number of hydrogen-bond acceptors (Lipinski definition) is 1. The summed E-state index contributed by atoms with van der Waals surface area (Å²) in [6.45, 7) is 4.25. The summed E-state index contributed by atoms with van der Waals surface area (Å²) in [5.41, 5.74) is 3.85. The number of aryl methyl sites for hydroxylation is 1. The van der Waals surface area contributed by atoms with Crippen LogP contribution in [-0.4, -0.2) is 5.78 Å². The van der Waals surface area contributed by atoms with E-state index in [-0.39, 0.29) is 5.92 Å². The van der Waals surface area contributed by atoms with Crippen molar-refractivity contribution < 1.29 is 4.79 Å². The monoisotopic (exact) mass is 278 g/mol. The minimum Gasteiger partial charge on any atom is -0.299 e. The Balaban J connectivity index is 1.59. The van der Waals surface area contributed by atoms with Gasteiger partial charge in [-0.25, -0.2) is 0 Å². The minimum atomic E-state index is 0.250. The Bertz CT molecular complexity index is 612. The molecular formula is C20H22O. The van der Waals surface area contributed by atoms with Crippen molar-refractivity contribution >= 4 is 5.78 Å². The van der Waals surface area contributed by atoms with E-state index in [0.717, 1.165) is 6.42 Å². The largest absolute Gasteiger partial charge is 0.299 e. The van der Waals surface area contributed by atoms with Gasteiger partial charge in [-0.3, -0.25) is 4.79 Å². The number of carbonyl (C=O) groups is 1. The van der Waals surface area contributed by atoms with Crippen LogP contribution < -0.4 is 0 Å². The predicted molar refractivity (Wildman–Crippen MR) is 86.5 cm³/mol. The maximum absolute atomic E-state index is 12.4. The van der Waals surface area contributed by atoms with Crippen molar-refractivity contribution in [1.29, 1.82) is 0 Å². The Morgan fingerprint density at radius 1 is 1.10 bits per heavy atom. The molecule has 3 atom stereocenters. The molecule has 0 heterocycles. The molecule has 21 heavy (non-hydrogen) atoms. The zero-order valence-electron chi connectivity index (χ0n) is 12.8. The van der Waals surface area contributed by atoms with Gasteiger partial charge in [0.05, 0.1) is 0 Å². The van der Waals surface area contributed by atoms with E-state index in [4.69, 9.17) is 0 Å². The van der Waals surface area contributed by atoms with Crippen LogP contribution in [0.1, 0.15) is 48.3 Å². The average molecular weight is 278 g/mol. The predicted octanol–water partition coefficient (Wildman–Crippen LogP) is 4.86. The summed E-state index contributed by atoms with van der Waals surface area (Å²) in [7, 11) is 0. The summed E-state index contributed by atoms with van der Waals surface area (Å²) in [6, 6.07) is 19.0. The number of carbonyl (C=O) groups excluding carboxylic acids is 1. The van der Waals surface area contributed by atoms with Gasteiger partial charge >= 0.3 is 0 Å². The van der Waals surface area contributed by atoms with Crippen molar-refractivity contribution in [3.8, 4) is 0 Å². The van der Waals surface area contributed by atoms with Crippen LogP contribution in [0, 0.1) is 12.8 Å². The molecule has 1 aliphatic rings. The van der Waals surface area contributed by atoms with Crippen LogP contribution in [0.25, 0.3) is 0 Å². The van der Waals surface area contributed by atoms with Gasteiger partial charge in [0, 0.05) is 12.3 Å². The van der Waals surface area contributed by atoms with E-state index in [2.05, 4.69) is 62.4 Å². The molecule has 1 saturated carbocycles. The van der Waals surface area contributed by atoms with E-state index < -0.39 is 0 Å². The molecule has 1 heteroatoms. The van der Waals surface area contributed by atoms with Gasteiger partial charge in [-0.05, 0) is 36.3 Å². The van der Waals surface area contributed by atoms with Crippen LogP contribution >= 0.6 is 0 Å². The molecule has 1 aliphatic carbocycles. The fourth-order valence-corrected chi connectivity index (χ4v) is 3.09. The van der Waals surface area contributed by atoms with Gasteiger partial charge in [0.15, 0.2) is 0 Å².